The fourth-order valence-electron chi connectivity index (χ4n) is 1.68. The van der Waals surface area contributed by atoms with Crippen LogP contribution in [-0.2, 0) is 0 Å². The Morgan fingerprint density at radius 2 is 2.12 bits per heavy atom. The Kier molecular flexibility index (Phi) is 2.23. The summed E-state index contributed by atoms with van der Waals surface area (Å²) < 4.78 is 13.4. The molecule has 0 saturated carbocycles. The molecule has 0 aliphatic rings. The van der Waals surface area contributed by atoms with E-state index >= 15 is 0 Å². The van der Waals surface area contributed by atoms with Crippen molar-refractivity contribution < 1.29 is 14.3 Å². The van der Waals surface area contributed by atoms with Crippen LogP contribution >= 0.6 is 0 Å². The highest BCUT2D eigenvalue weighted by atomic mass is 19.1. The Labute approximate surface area is 89.3 Å². The Hall–Kier alpha value is -2.17. The van der Waals surface area contributed by atoms with Gasteiger partial charge in [-0.25, -0.2) is 9.18 Å². The molecule has 5 heteroatoms. The van der Waals surface area contributed by atoms with Crippen molar-refractivity contribution in [2.24, 2.45) is 0 Å². The molecule has 0 spiro atoms. The van der Waals surface area contributed by atoms with Crippen LogP contribution in [0.3, 0.4) is 0 Å². The molecule has 1 aromatic carbocycles. The first-order valence-corrected chi connectivity index (χ1v) is 4.56. The number of halogens is 1. The average molecular weight is 221 g/mol. The number of H-pyrrole nitrogens is 1. The van der Waals surface area contributed by atoms with E-state index in [1.165, 1.54) is 12.1 Å². The molecule has 0 atom stereocenters. The van der Waals surface area contributed by atoms with Gasteiger partial charge >= 0.3 is 5.97 Å². The molecule has 82 valence electrons. The predicted molar refractivity (Wildman–Crippen MR) is 56.2 cm³/mol. The maximum absolute atomic E-state index is 13.4. The van der Waals surface area contributed by atoms with Crippen molar-refractivity contribution in [3.8, 4) is 0 Å². The zero-order chi connectivity index (χ0) is 11.9. The van der Waals surface area contributed by atoms with Gasteiger partial charge in [0.15, 0.2) is 0 Å². The summed E-state index contributed by atoms with van der Waals surface area (Å²) in [7, 11) is 0. The molecule has 2 N–H and O–H groups in total. The standard InChI is InChI=1S/C11H8FNO3/c1-5-2-3-7(12)10-9(5)6(11(15)16)4-8(14)13-10/h2-4H,1H3,(H,13,14)(H,15,16). The van der Waals surface area contributed by atoms with Gasteiger partial charge < -0.3 is 10.1 Å². The fraction of sp³-hybridized carbons (Fsp3) is 0.0909. The second-order valence-electron chi connectivity index (χ2n) is 3.47. The topological polar surface area (TPSA) is 70.2 Å². The van der Waals surface area contributed by atoms with E-state index < -0.39 is 17.3 Å². The second kappa shape index (κ2) is 3.44. The zero-order valence-electron chi connectivity index (χ0n) is 8.37. The van der Waals surface area contributed by atoms with Crippen LogP contribution in [0, 0.1) is 12.7 Å². The quantitative estimate of drug-likeness (QED) is 0.769. The molecular formula is C11H8FNO3. The van der Waals surface area contributed by atoms with E-state index in [1.54, 1.807) is 6.92 Å². The van der Waals surface area contributed by atoms with E-state index in [-0.39, 0.29) is 16.5 Å². The van der Waals surface area contributed by atoms with Crippen LogP contribution in [0.1, 0.15) is 15.9 Å². The second-order valence-corrected chi connectivity index (χ2v) is 3.47. The lowest BCUT2D eigenvalue weighted by Gasteiger charge is -2.06. The lowest BCUT2D eigenvalue weighted by molar-refractivity contribution is 0.0699. The number of aryl methyl sites for hydroxylation is 1. The maximum Gasteiger partial charge on any atom is 0.336 e. The van der Waals surface area contributed by atoms with Crippen molar-refractivity contribution in [3.63, 3.8) is 0 Å². The molecule has 1 aromatic heterocycles. The van der Waals surface area contributed by atoms with Crippen molar-refractivity contribution in [2.75, 3.05) is 0 Å². The first-order chi connectivity index (χ1) is 7.50. The summed E-state index contributed by atoms with van der Waals surface area (Å²) in [4.78, 5) is 24.4. The normalized spacial score (nSPS) is 10.6. The number of carboxylic acid groups (broad SMARTS) is 1. The first kappa shape index (κ1) is 10.4. The molecule has 0 saturated heterocycles. The third-order valence-corrected chi connectivity index (χ3v) is 2.39. The van der Waals surface area contributed by atoms with Crippen molar-refractivity contribution in [1.82, 2.24) is 4.98 Å². The van der Waals surface area contributed by atoms with Gasteiger partial charge in [-0.3, -0.25) is 4.79 Å². The van der Waals surface area contributed by atoms with E-state index in [9.17, 15) is 14.0 Å². The maximum atomic E-state index is 13.4. The molecule has 0 aliphatic carbocycles. The lowest BCUT2D eigenvalue weighted by atomic mass is 10.0. The number of aromatic amines is 1. The third-order valence-electron chi connectivity index (χ3n) is 2.39. The Morgan fingerprint density at radius 1 is 1.44 bits per heavy atom. The molecule has 16 heavy (non-hydrogen) atoms. The van der Waals surface area contributed by atoms with Crippen LogP contribution in [0.2, 0.25) is 0 Å². The summed E-state index contributed by atoms with van der Waals surface area (Å²) in [6.45, 7) is 1.66. The van der Waals surface area contributed by atoms with Crippen LogP contribution < -0.4 is 5.56 Å². The van der Waals surface area contributed by atoms with Gasteiger partial charge in [0.05, 0.1) is 11.1 Å². The van der Waals surface area contributed by atoms with E-state index in [0.29, 0.717) is 5.56 Å². The first-order valence-electron chi connectivity index (χ1n) is 4.56. The van der Waals surface area contributed by atoms with Crippen LogP contribution in [0.25, 0.3) is 10.9 Å². The number of aromatic nitrogens is 1. The monoisotopic (exact) mass is 221 g/mol. The Balaban J connectivity index is 3.06. The molecule has 1 heterocycles. The summed E-state index contributed by atoms with van der Waals surface area (Å²) in [6, 6.07) is 3.62. The summed E-state index contributed by atoms with van der Waals surface area (Å²) in [5.41, 5.74) is -0.278. The number of hydrogen-bond acceptors (Lipinski definition) is 2. The molecule has 0 radical (unpaired) electrons. The van der Waals surface area contributed by atoms with Gasteiger partial charge in [-0.1, -0.05) is 6.07 Å². The minimum Gasteiger partial charge on any atom is -0.478 e. The largest absolute Gasteiger partial charge is 0.478 e. The van der Waals surface area contributed by atoms with E-state index in [0.717, 1.165) is 6.07 Å². The number of pyridine rings is 1. The van der Waals surface area contributed by atoms with Crippen molar-refractivity contribution in [3.05, 3.63) is 45.5 Å². The number of benzene rings is 1. The van der Waals surface area contributed by atoms with Crippen LogP contribution in [0.5, 0.6) is 0 Å². The molecular weight excluding hydrogens is 213 g/mol. The minimum absolute atomic E-state index is 0.0649. The Morgan fingerprint density at radius 3 is 2.75 bits per heavy atom. The smallest absolute Gasteiger partial charge is 0.336 e. The molecule has 0 fully saturated rings. The summed E-state index contributed by atoms with van der Waals surface area (Å²) in [5.74, 6) is -1.88. The van der Waals surface area contributed by atoms with E-state index in [2.05, 4.69) is 4.98 Å². The summed E-state index contributed by atoms with van der Waals surface area (Å²) >= 11 is 0. The number of aromatic carboxylic acids is 1. The van der Waals surface area contributed by atoms with E-state index in [1.807, 2.05) is 0 Å². The molecule has 2 aromatic rings. The zero-order valence-corrected chi connectivity index (χ0v) is 8.37. The van der Waals surface area contributed by atoms with Gasteiger partial charge in [-0.05, 0) is 18.6 Å². The summed E-state index contributed by atoms with van der Waals surface area (Å²) in [5, 5.41) is 9.18. The number of rotatable bonds is 1. The molecule has 2 rings (SSSR count). The van der Waals surface area contributed by atoms with Crippen LogP contribution in [0.4, 0.5) is 4.39 Å². The van der Waals surface area contributed by atoms with E-state index in [4.69, 9.17) is 5.11 Å². The Bertz CT molecular complexity index is 645. The highest BCUT2D eigenvalue weighted by Crippen LogP contribution is 2.21. The highest BCUT2D eigenvalue weighted by molar-refractivity contribution is 6.03. The minimum atomic E-state index is -1.25. The number of carboxylic acids is 1. The van der Waals surface area contributed by atoms with Crippen molar-refractivity contribution >= 4 is 16.9 Å². The molecule has 0 unspecified atom stereocenters. The molecule has 0 bridgehead atoms. The number of hydrogen-bond donors (Lipinski definition) is 2. The molecule has 0 aliphatic heterocycles. The van der Waals surface area contributed by atoms with Gasteiger partial charge in [0.1, 0.15) is 5.82 Å². The average Bonchev–Trinajstić information content (AvgIpc) is 2.22. The SMILES string of the molecule is Cc1ccc(F)c2[nH]c(=O)cc(C(=O)O)c12. The molecule has 4 nitrogen and oxygen atoms in total. The molecule has 0 amide bonds. The third kappa shape index (κ3) is 1.46. The van der Waals surface area contributed by atoms with Gasteiger partial charge in [0.2, 0.25) is 5.56 Å². The number of nitrogens with one attached hydrogen (secondary N) is 1. The highest BCUT2D eigenvalue weighted by Gasteiger charge is 2.14. The number of carbonyl (C=O) groups is 1. The number of fused-ring (bicyclic) bond motifs is 1. The lowest BCUT2D eigenvalue weighted by Crippen LogP contribution is -2.11. The van der Waals surface area contributed by atoms with Gasteiger partial charge in [-0.15, -0.1) is 0 Å². The fourth-order valence-corrected chi connectivity index (χ4v) is 1.68. The van der Waals surface area contributed by atoms with Gasteiger partial charge in [0.25, 0.3) is 0 Å². The van der Waals surface area contributed by atoms with Crippen LogP contribution in [0.15, 0.2) is 23.0 Å². The predicted octanol–water partition coefficient (Wildman–Crippen LogP) is 1.67. The summed E-state index contributed by atoms with van der Waals surface area (Å²) in [6.07, 6.45) is 0. The van der Waals surface area contributed by atoms with Gasteiger partial charge in [0, 0.05) is 11.5 Å². The van der Waals surface area contributed by atoms with Crippen LogP contribution in [-0.4, -0.2) is 16.1 Å². The van der Waals surface area contributed by atoms with Gasteiger partial charge in [-0.2, -0.15) is 0 Å². The van der Waals surface area contributed by atoms with Crippen molar-refractivity contribution in [2.45, 2.75) is 6.92 Å². The van der Waals surface area contributed by atoms with Crippen molar-refractivity contribution in [1.29, 1.82) is 0 Å².